The van der Waals surface area contributed by atoms with E-state index in [1.165, 1.54) is 58.2 Å². The topological polar surface area (TPSA) is 15.3 Å². The van der Waals surface area contributed by atoms with Crippen LogP contribution in [0.5, 0.6) is 0 Å². The van der Waals surface area contributed by atoms with E-state index in [2.05, 4.69) is 17.1 Å². The minimum Gasteiger partial charge on any atom is -0.314 e. The minimum absolute atomic E-state index is 0.860. The molecule has 2 aliphatic heterocycles. The molecule has 0 bridgehead atoms. The van der Waals surface area contributed by atoms with Crippen LogP contribution in [-0.2, 0) is 0 Å². The molecule has 0 aromatic rings. The molecule has 2 saturated heterocycles. The highest BCUT2D eigenvalue weighted by Crippen LogP contribution is 2.37. The second kappa shape index (κ2) is 4.66. The van der Waals surface area contributed by atoms with Gasteiger partial charge < -0.3 is 10.2 Å². The zero-order valence-corrected chi connectivity index (χ0v) is 10.6. The summed E-state index contributed by atoms with van der Waals surface area (Å²) in [5, 5.41) is 3.69. The summed E-state index contributed by atoms with van der Waals surface area (Å²) in [5.41, 5.74) is 0. The second-order valence-electron chi connectivity index (χ2n) is 6.15. The quantitative estimate of drug-likeness (QED) is 0.788. The van der Waals surface area contributed by atoms with Gasteiger partial charge in [0, 0.05) is 12.1 Å². The average Bonchev–Trinajstić information content (AvgIpc) is 3.04. The predicted octanol–water partition coefficient (Wildman–Crippen LogP) is 2.25. The lowest BCUT2D eigenvalue weighted by Gasteiger charge is -2.38. The number of piperidine rings is 1. The lowest BCUT2D eigenvalue weighted by Crippen LogP contribution is -2.44. The zero-order chi connectivity index (χ0) is 11.0. The maximum Gasteiger partial charge on any atom is 0.00967 e. The molecule has 2 heteroatoms. The first kappa shape index (κ1) is 11.0. The molecular weight excluding hydrogens is 196 g/mol. The Labute approximate surface area is 99.8 Å². The molecule has 1 N–H and O–H groups in total. The molecule has 0 spiro atoms. The predicted molar refractivity (Wildman–Crippen MR) is 67.5 cm³/mol. The van der Waals surface area contributed by atoms with E-state index >= 15 is 0 Å². The summed E-state index contributed by atoms with van der Waals surface area (Å²) in [6, 6.07) is 1.73. The van der Waals surface area contributed by atoms with Crippen molar-refractivity contribution in [1.82, 2.24) is 10.2 Å². The Bertz CT molecular complexity index is 213. The van der Waals surface area contributed by atoms with Crippen LogP contribution in [0.3, 0.4) is 0 Å². The number of hydrogen-bond acceptors (Lipinski definition) is 2. The fourth-order valence-electron chi connectivity index (χ4n) is 3.72. The molecule has 0 radical (unpaired) electrons. The number of nitrogens with zero attached hydrogens (tertiary/aromatic N) is 1. The van der Waals surface area contributed by atoms with Crippen molar-refractivity contribution < 1.29 is 0 Å². The van der Waals surface area contributed by atoms with E-state index in [-0.39, 0.29) is 0 Å². The number of hydrogen-bond donors (Lipinski definition) is 1. The van der Waals surface area contributed by atoms with Crippen molar-refractivity contribution in [3.8, 4) is 0 Å². The van der Waals surface area contributed by atoms with Crippen molar-refractivity contribution in [2.24, 2.45) is 11.8 Å². The number of nitrogens with one attached hydrogen (secondary N) is 1. The van der Waals surface area contributed by atoms with Crippen molar-refractivity contribution >= 4 is 0 Å². The summed E-state index contributed by atoms with van der Waals surface area (Å²) in [5.74, 6) is 2.02. The molecule has 16 heavy (non-hydrogen) atoms. The Morgan fingerprint density at radius 2 is 1.81 bits per heavy atom. The minimum atomic E-state index is 0.860. The van der Waals surface area contributed by atoms with Crippen molar-refractivity contribution in [1.29, 1.82) is 0 Å². The van der Waals surface area contributed by atoms with Crippen molar-refractivity contribution in [2.75, 3.05) is 19.6 Å². The molecule has 0 aromatic heterocycles. The van der Waals surface area contributed by atoms with E-state index in [4.69, 9.17) is 0 Å². The van der Waals surface area contributed by atoms with Gasteiger partial charge in [0.1, 0.15) is 0 Å². The second-order valence-corrected chi connectivity index (χ2v) is 6.15. The van der Waals surface area contributed by atoms with E-state index in [1.807, 2.05) is 0 Å². The summed E-state index contributed by atoms with van der Waals surface area (Å²) >= 11 is 0. The fourth-order valence-corrected chi connectivity index (χ4v) is 3.72. The zero-order valence-electron chi connectivity index (χ0n) is 10.6. The monoisotopic (exact) mass is 222 g/mol. The van der Waals surface area contributed by atoms with Gasteiger partial charge in [-0.2, -0.15) is 0 Å². The Hall–Kier alpha value is -0.0800. The van der Waals surface area contributed by atoms with Gasteiger partial charge in [-0.05, 0) is 76.9 Å². The van der Waals surface area contributed by atoms with E-state index in [0.29, 0.717) is 0 Å². The summed E-state index contributed by atoms with van der Waals surface area (Å²) in [6.45, 7) is 6.44. The van der Waals surface area contributed by atoms with Gasteiger partial charge in [-0.15, -0.1) is 0 Å². The summed E-state index contributed by atoms with van der Waals surface area (Å²) in [6.07, 6.45) is 8.70. The molecule has 2 nitrogen and oxygen atoms in total. The fraction of sp³-hybridized carbons (Fsp3) is 1.00. The molecule has 0 amide bonds. The van der Waals surface area contributed by atoms with E-state index in [0.717, 1.165) is 23.9 Å². The molecule has 3 fully saturated rings. The maximum absolute atomic E-state index is 3.69. The standard InChI is InChI=1S/C14H26N2/c1-11(12-4-5-12)16-9-6-13(7-10-16)14-3-2-8-15-14/h11-15H,2-10H2,1H3. The Balaban J connectivity index is 1.47. The normalized spacial score (nSPS) is 35.4. The van der Waals surface area contributed by atoms with Gasteiger partial charge in [-0.25, -0.2) is 0 Å². The third kappa shape index (κ3) is 2.28. The van der Waals surface area contributed by atoms with Crippen molar-refractivity contribution in [2.45, 2.75) is 57.5 Å². The van der Waals surface area contributed by atoms with Gasteiger partial charge in [0.15, 0.2) is 0 Å². The first-order valence-corrected chi connectivity index (χ1v) is 7.32. The van der Waals surface area contributed by atoms with Crippen LogP contribution in [-0.4, -0.2) is 36.6 Å². The molecular formula is C14H26N2. The largest absolute Gasteiger partial charge is 0.314 e. The van der Waals surface area contributed by atoms with Crippen LogP contribution in [0.15, 0.2) is 0 Å². The molecule has 1 saturated carbocycles. The van der Waals surface area contributed by atoms with Crippen LogP contribution < -0.4 is 5.32 Å². The molecule has 92 valence electrons. The highest BCUT2D eigenvalue weighted by molar-refractivity contribution is 4.90. The van der Waals surface area contributed by atoms with Crippen LogP contribution in [0, 0.1) is 11.8 Å². The SMILES string of the molecule is CC(C1CC1)N1CCC(C2CCCN2)CC1. The van der Waals surface area contributed by atoms with Crippen LogP contribution in [0.1, 0.15) is 45.4 Å². The Kier molecular flexibility index (Phi) is 3.21. The molecule has 2 atom stereocenters. The first-order valence-electron chi connectivity index (χ1n) is 7.32. The van der Waals surface area contributed by atoms with Crippen LogP contribution in [0.2, 0.25) is 0 Å². The highest BCUT2D eigenvalue weighted by atomic mass is 15.2. The van der Waals surface area contributed by atoms with Gasteiger partial charge in [0.25, 0.3) is 0 Å². The Morgan fingerprint density at radius 3 is 2.38 bits per heavy atom. The summed E-state index contributed by atoms with van der Waals surface area (Å²) < 4.78 is 0. The smallest absolute Gasteiger partial charge is 0.00967 e. The molecule has 3 rings (SSSR count). The first-order chi connectivity index (χ1) is 7.84. The van der Waals surface area contributed by atoms with E-state index < -0.39 is 0 Å². The Morgan fingerprint density at radius 1 is 1.06 bits per heavy atom. The molecule has 2 unspecified atom stereocenters. The van der Waals surface area contributed by atoms with Crippen LogP contribution in [0.4, 0.5) is 0 Å². The molecule has 3 aliphatic rings. The van der Waals surface area contributed by atoms with Crippen molar-refractivity contribution in [3.63, 3.8) is 0 Å². The van der Waals surface area contributed by atoms with Gasteiger partial charge >= 0.3 is 0 Å². The van der Waals surface area contributed by atoms with Crippen molar-refractivity contribution in [3.05, 3.63) is 0 Å². The molecule has 1 aliphatic carbocycles. The van der Waals surface area contributed by atoms with E-state index in [9.17, 15) is 0 Å². The maximum atomic E-state index is 3.69. The highest BCUT2D eigenvalue weighted by Gasteiger charge is 2.35. The lowest BCUT2D eigenvalue weighted by molar-refractivity contribution is 0.116. The summed E-state index contributed by atoms with van der Waals surface area (Å²) in [4.78, 5) is 2.75. The molecule has 2 heterocycles. The number of rotatable bonds is 3. The van der Waals surface area contributed by atoms with Gasteiger partial charge in [-0.1, -0.05) is 0 Å². The van der Waals surface area contributed by atoms with Gasteiger partial charge in [-0.3, -0.25) is 0 Å². The van der Waals surface area contributed by atoms with E-state index in [1.54, 1.807) is 0 Å². The van der Waals surface area contributed by atoms with Gasteiger partial charge in [0.2, 0.25) is 0 Å². The third-order valence-electron chi connectivity index (χ3n) is 5.12. The molecule has 0 aromatic carbocycles. The van der Waals surface area contributed by atoms with Crippen LogP contribution in [0.25, 0.3) is 0 Å². The lowest BCUT2D eigenvalue weighted by atomic mass is 9.88. The number of likely N-dealkylation sites (tertiary alicyclic amines) is 1. The summed E-state index contributed by atoms with van der Waals surface area (Å²) in [7, 11) is 0. The van der Waals surface area contributed by atoms with Gasteiger partial charge in [0.05, 0.1) is 0 Å². The third-order valence-corrected chi connectivity index (χ3v) is 5.12. The van der Waals surface area contributed by atoms with Crippen LogP contribution >= 0.6 is 0 Å². The average molecular weight is 222 g/mol.